The number of anilines is 1. The van der Waals surface area contributed by atoms with Crippen LogP contribution in [0.2, 0.25) is 5.02 Å². The van der Waals surface area contributed by atoms with Gasteiger partial charge in [-0.15, -0.1) is 0 Å². The van der Waals surface area contributed by atoms with Crippen molar-refractivity contribution in [2.75, 3.05) is 18.6 Å². The number of benzene rings is 4. The topological polar surface area (TPSA) is 103 Å². The summed E-state index contributed by atoms with van der Waals surface area (Å²) in [5, 5.41) is 2.40. The molecule has 1 heterocycles. The number of barbiturate groups is 1. The van der Waals surface area contributed by atoms with Crippen molar-refractivity contribution in [2.24, 2.45) is 0 Å². The van der Waals surface area contributed by atoms with E-state index in [0.717, 1.165) is 20.5 Å². The smallest absolute Gasteiger partial charge is 0.335 e. The molecule has 5 rings (SSSR count). The highest BCUT2D eigenvalue weighted by Crippen LogP contribution is 2.38. The maximum absolute atomic E-state index is 13.3. The summed E-state index contributed by atoms with van der Waals surface area (Å²) in [4.78, 5) is 39.3. The van der Waals surface area contributed by atoms with Crippen molar-refractivity contribution < 1.29 is 33.3 Å². The van der Waals surface area contributed by atoms with Crippen LogP contribution in [0.4, 0.5) is 10.5 Å². The third kappa shape index (κ3) is 7.47. The van der Waals surface area contributed by atoms with Gasteiger partial charge in [0.1, 0.15) is 18.8 Å². The third-order valence-corrected chi connectivity index (χ3v) is 7.49. The number of urea groups is 1. The van der Waals surface area contributed by atoms with Gasteiger partial charge >= 0.3 is 6.03 Å². The van der Waals surface area contributed by atoms with Gasteiger partial charge in [-0.05, 0) is 78.2 Å². The molecule has 0 aliphatic carbocycles. The Morgan fingerprint density at radius 2 is 1.56 bits per heavy atom. The molecule has 0 unspecified atom stereocenters. The van der Waals surface area contributed by atoms with Crippen LogP contribution in [0.5, 0.6) is 23.0 Å². The monoisotopic (exact) mass is 690 g/mol. The maximum atomic E-state index is 13.3. The van der Waals surface area contributed by atoms with Gasteiger partial charge in [0.05, 0.1) is 24.4 Å². The van der Waals surface area contributed by atoms with E-state index in [1.807, 2.05) is 55.5 Å². The molecule has 11 heteroatoms. The largest absolute Gasteiger partial charge is 0.493 e. The summed E-state index contributed by atoms with van der Waals surface area (Å²) < 4.78 is 24.2. The summed E-state index contributed by atoms with van der Waals surface area (Å²) in [5.41, 5.74) is 2.30. The van der Waals surface area contributed by atoms with E-state index in [1.165, 1.54) is 13.2 Å². The van der Waals surface area contributed by atoms with E-state index >= 15 is 0 Å². The van der Waals surface area contributed by atoms with Crippen LogP contribution in [0.25, 0.3) is 6.08 Å². The van der Waals surface area contributed by atoms with E-state index in [1.54, 1.807) is 36.4 Å². The average molecular weight is 692 g/mol. The molecule has 1 N–H and O–H groups in total. The van der Waals surface area contributed by atoms with Crippen LogP contribution < -0.4 is 29.2 Å². The SMILES string of the molecule is CCOc1cc(COc2c(Cl)cc(/C=C3\C(=O)NC(=O)N(c4ccc(Br)cc4)C3=O)cc2OC)ccc1OCc1ccccc1. The number of imide groups is 2. The number of halogens is 2. The summed E-state index contributed by atoms with van der Waals surface area (Å²) in [5.74, 6) is 0.152. The highest BCUT2D eigenvalue weighted by atomic mass is 79.9. The Morgan fingerprint density at radius 3 is 2.27 bits per heavy atom. The number of nitrogens with one attached hydrogen (secondary N) is 1. The fourth-order valence-electron chi connectivity index (χ4n) is 4.53. The van der Waals surface area contributed by atoms with E-state index in [2.05, 4.69) is 21.2 Å². The van der Waals surface area contributed by atoms with E-state index in [0.29, 0.717) is 36.0 Å². The van der Waals surface area contributed by atoms with Crippen LogP contribution in [0.3, 0.4) is 0 Å². The Kier molecular flexibility index (Phi) is 10.1. The highest BCUT2D eigenvalue weighted by Gasteiger charge is 2.37. The van der Waals surface area contributed by atoms with E-state index in [9.17, 15) is 14.4 Å². The van der Waals surface area contributed by atoms with Crippen molar-refractivity contribution in [3.8, 4) is 23.0 Å². The number of carbonyl (C=O) groups is 3. The predicted molar refractivity (Wildman–Crippen MR) is 174 cm³/mol. The Labute approximate surface area is 273 Å². The molecule has 9 nitrogen and oxygen atoms in total. The molecule has 0 bridgehead atoms. The number of hydrogen-bond acceptors (Lipinski definition) is 7. The first kappa shape index (κ1) is 31.6. The number of hydrogen-bond donors (Lipinski definition) is 1. The van der Waals surface area contributed by atoms with Gasteiger partial charge in [0.25, 0.3) is 11.8 Å². The minimum Gasteiger partial charge on any atom is -0.493 e. The zero-order chi connectivity index (χ0) is 31.9. The molecule has 0 saturated carbocycles. The Hall–Kier alpha value is -4.80. The molecular formula is C34H28BrClN2O7. The Balaban J connectivity index is 1.34. The molecule has 1 aliphatic heterocycles. The van der Waals surface area contributed by atoms with Crippen LogP contribution in [0, 0.1) is 0 Å². The van der Waals surface area contributed by atoms with Crippen molar-refractivity contribution in [2.45, 2.75) is 20.1 Å². The second kappa shape index (κ2) is 14.3. The standard InChI is InChI=1S/C34H28BrClN2O7/c1-3-43-29-17-22(9-14-28(29)44-19-21-7-5-4-6-8-21)20-45-31-27(36)16-23(18-30(31)42-2)15-26-32(39)37-34(41)38(33(26)40)25-12-10-24(35)11-13-25/h4-18H,3,19-20H2,1-2H3,(H,37,39,41)/b26-15+. The Bertz CT molecular complexity index is 1760. The molecule has 0 spiro atoms. The van der Waals surface area contributed by atoms with Gasteiger partial charge in [-0.1, -0.05) is 63.9 Å². The molecule has 1 aliphatic rings. The fraction of sp³-hybridized carbons (Fsp3) is 0.147. The third-order valence-electron chi connectivity index (χ3n) is 6.68. The second-order valence-corrected chi connectivity index (χ2v) is 11.1. The minimum atomic E-state index is -0.841. The summed E-state index contributed by atoms with van der Waals surface area (Å²) >= 11 is 9.93. The molecule has 4 aromatic rings. The number of ether oxygens (including phenoxy) is 4. The lowest BCUT2D eigenvalue weighted by Gasteiger charge is -2.26. The number of amides is 4. The lowest BCUT2D eigenvalue weighted by atomic mass is 10.1. The quantitative estimate of drug-likeness (QED) is 0.130. The molecule has 1 fully saturated rings. The number of nitrogens with zero attached hydrogens (tertiary/aromatic N) is 1. The van der Waals surface area contributed by atoms with Crippen molar-refractivity contribution >= 4 is 57.1 Å². The molecular weight excluding hydrogens is 664 g/mol. The fourth-order valence-corrected chi connectivity index (χ4v) is 5.07. The highest BCUT2D eigenvalue weighted by molar-refractivity contribution is 9.10. The van der Waals surface area contributed by atoms with Gasteiger partial charge in [0.15, 0.2) is 23.0 Å². The van der Waals surface area contributed by atoms with Gasteiger partial charge in [0, 0.05) is 4.47 Å². The number of rotatable bonds is 11. The number of methoxy groups -OCH3 is 1. The van der Waals surface area contributed by atoms with Crippen molar-refractivity contribution in [3.05, 3.63) is 117 Å². The van der Waals surface area contributed by atoms with Crippen LogP contribution in [0.1, 0.15) is 23.6 Å². The zero-order valence-corrected chi connectivity index (χ0v) is 26.7. The average Bonchev–Trinajstić information content (AvgIpc) is 3.03. The summed E-state index contributed by atoms with van der Waals surface area (Å²) in [7, 11) is 1.45. The first-order chi connectivity index (χ1) is 21.8. The molecule has 1 saturated heterocycles. The van der Waals surface area contributed by atoms with Gasteiger partial charge in [-0.25, -0.2) is 9.69 Å². The van der Waals surface area contributed by atoms with Crippen LogP contribution >= 0.6 is 27.5 Å². The van der Waals surface area contributed by atoms with Crippen LogP contribution in [-0.4, -0.2) is 31.6 Å². The molecule has 4 amide bonds. The van der Waals surface area contributed by atoms with Crippen molar-refractivity contribution in [3.63, 3.8) is 0 Å². The predicted octanol–water partition coefficient (Wildman–Crippen LogP) is 7.33. The molecule has 0 aromatic heterocycles. The first-order valence-corrected chi connectivity index (χ1v) is 15.0. The van der Waals surface area contributed by atoms with Crippen LogP contribution in [-0.2, 0) is 22.8 Å². The molecule has 0 atom stereocenters. The molecule has 230 valence electrons. The molecule has 4 aromatic carbocycles. The lowest BCUT2D eigenvalue weighted by molar-refractivity contribution is -0.122. The molecule has 45 heavy (non-hydrogen) atoms. The van der Waals surface area contributed by atoms with Gasteiger partial charge in [-0.3, -0.25) is 14.9 Å². The Morgan fingerprint density at radius 1 is 0.822 bits per heavy atom. The van der Waals surface area contributed by atoms with Crippen LogP contribution in [0.15, 0.2) is 95.0 Å². The van der Waals surface area contributed by atoms with Gasteiger partial charge in [0.2, 0.25) is 0 Å². The normalized spacial score (nSPS) is 13.9. The van der Waals surface area contributed by atoms with E-state index in [-0.39, 0.29) is 28.7 Å². The van der Waals surface area contributed by atoms with Crippen molar-refractivity contribution in [1.29, 1.82) is 0 Å². The second-order valence-electron chi connectivity index (χ2n) is 9.75. The van der Waals surface area contributed by atoms with E-state index in [4.69, 9.17) is 30.5 Å². The zero-order valence-electron chi connectivity index (χ0n) is 24.3. The minimum absolute atomic E-state index is 0.140. The molecule has 0 radical (unpaired) electrons. The van der Waals surface area contributed by atoms with Crippen molar-refractivity contribution in [1.82, 2.24) is 5.32 Å². The maximum Gasteiger partial charge on any atom is 0.335 e. The summed E-state index contributed by atoms with van der Waals surface area (Å²) in [6, 6.07) is 24.2. The van der Waals surface area contributed by atoms with E-state index < -0.39 is 17.8 Å². The number of carbonyl (C=O) groups excluding carboxylic acids is 3. The summed E-state index contributed by atoms with van der Waals surface area (Å²) in [6.07, 6.45) is 1.34. The summed E-state index contributed by atoms with van der Waals surface area (Å²) in [6.45, 7) is 2.89. The van der Waals surface area contributed by atoms with Gasteiger partial charge in [-0.2, -0.15) is 0 Å². The van der Waals surface area contributed by atoms with Gasteiger partial charge < -0.3 is 18.9 Å². The lowest BCUT2D eigenvalue weighted by Crippen LogP contribution is -2.54. The first-order valence-electron chi connectivity index (χ1n) is 13.9.